The molecule has 1 nitrogen and oxygen atoms in total. The molecule has 0 aromatic heterocycles. The summed E-state index contributed by atoms with van der Waals surface area (Å²) in [5.41, 5.74) is 1.26. The normalized spacial score (nSPS) is 9.73. The quantitative estimate of drug-likeness (QED) is 0.717. The van der Waals surface area contributed by atoms with Crippen LogP contribution in [0.3, 0.4) is 0 Å². The van der Waals surface area contributed by atoms with Gasteiger partial charge in [-0.05, 0) is 25.1 Å². The minimum absolute atomic E-state index is 0.483. The van der Waals surface area contributed by atoms with Crippen LogP contribution in [0.1, 0.15) is 12.5 Å². The largest absolute Gasteiger partial charge is 0.305 e. The van der Waals surface area contributed by atoms with Crippen molar-refractivity contribution in [3.05, 3.63) is 33.3 Å². The predicted molar refractivity (Wildman–Crippen MR) is 51.7 cm³/mol. The van der Waals surface area contributed by atoms with Crippen LogP contribution in [0, 0.1) is 5.41 Å². The molecule has 0 unspecified atom stereocenters. The second-order valence-corrected chi connectivity index (χ2v) is 3.57. The maximum atomic E-state index is 7.37. The van der Waals surface area contributed by atoms with E-state index < -0.39 is 0 Å². The van der Waals surface area contributed by atoms with Gasteiger partial charge in [0, 0.05) is 20.8 Å². The zero-order valence-corrected chi connectivity index (χ0v) is 8.33. The lowest BCUT2D eigenvalue weighted by Crippen LogP contribution is -1.92. The summed E-state index contributed by atoms with van der Waals surface area (Å²) in [6, 6.07) is 5.47. The Hall–Kier alpha value is -0.340. The van der Waals surface area contributed by atoms with Crippen LogP contribution >= 0.6 is 27.5 Å². The number of benzene rings is 1. The van der Waals surface area contributed by atoms with Gasteiger partial charge in [-0.2, -0.15) is 0 Å². The number of halogens is 2. The topological polar surface area (TPSA) is 23.9 Å². The van der Waals surface area contributed by atoms with E-state index in [9.17, 15) is 0 Å². The molecule has 0 atom stereocenters. The molecule has 0 saturated heterocycles. The van der Waals surface area contributed by atoms with Gasteiger partial charge in [-0.15, -0.1) is 0 Å². The molecule has 0 bridgehead atoms. The molecule has 1 aromatic rings. The van der Waals surface area contributed by atoms with Crippen molar-refractivity contribution < 1.29 is 0 Å². The van der Waals surface area contributed by atoms with E-state index in [1.54, 1.807) is 13.0 Å². The molecule has 1 rings (SSSR count). The third-order valence-corrected chi connectivity index (χ3v) is 2.16. The zero-order chi connectivity index (χ0) is 8.43. The van der Waals surface area contributed by atoms with Gasteiger partial charge < -0.3 is 5.41 Å². The Morgan fingerprint density at radius 2 is 2.18 bits per heavy atom. The Balaban J connectivity index is 3.23. The Labute approximate surface area is 79.0 Å². The minimum atomic E-state index is 0.483. The van der Waals surface area contributed by atoms with Gasteiger partial charge in [0.25, 0.3) is 0 Å². The number of hydrogen-bond donors (Lipinski definition) is 1. The molecule has 0 spiro atoms. The van der Waals surface area contributed by atoms with Crippen molar-refractivity contribution in [1.29, 1.82) is 5.41 Å². The van der Waals surface area contributed by atoms with E-state index >= 15 is 0 Å². The zero-order valence-electron chi connectivity index (χ0n) is 5.99. The molecule has 1 N–H and O–H groups in total. The van der Waals surface area contributed by atoms with Crippen LogP contribution in [0.5, 0.6) is 0 Å². The molecule has 3 heteroatoms. The van der Waals surface area contributed by atoms with Crippen LogP contribution in [0.15, 0.2) is 22.7 Å². The lowest BCUT2D eigenvalue weighted by atomic mass is 10.1. The van der Waals surface area contributed by atoms with Crippen LogP contribution in [-0.4, -0.2) is 5.71 Å². The van der Waals surface area contributed by atoms with Crippen molar-refractivity contribution >= 4 is 33.2 Å². The molecule has 11 heavy (non-hydrogen) atoms. The highest BCUT2D eigenvalue weighted by Gasteiger charge is 2.01. The van der Waals surface area contributed by atoms with Gasteiger partial charge in [-0.3, -0.25) is 0 Å². The van der Waals surface area contributed by atoms with Gasteiger partial charge in [-0.1, -0.05) is 27.5 Å². The smallest absolute Gasteiger partial charge is 0.0497 e. The van der Waals surface area contributed by atoms with Crippen molar-refractivity contribution in [1.82, 2.24) is 0 Å². The van der Waals surface area contributed by atoms with Gasteiger partial charge in [0.1, 0.15) is 0 Å². The number of nitrogens with one attached hydrogen (secondary N) is 1. The van der Waals surface area contributed by atoms with Crippen LogP contribution in [0.2, 0.25) is 5.02 Å². The van der Waals surface area contributed by atoms with Gasteiger partial charge in [0.15, 0.2) is 0 Å². The first-order valence-electron chi connectivity index (χ1n) is 3.12. The first-order valence-corrected chi connectivity index (χ1v) is 4.29. The molecule has 0 radical (unpaired) electrons. The van der Waals surface area contributed by atoms with Crippen molar-refractivity contribution in [2.24, 2.45) is 0 Å². The van der Waals surface area contributed by atoms with Crippen molar-refractivity contribution in [2.75, 3.05) is 0 Å². The summed E-state index contributed by atoms with van der Waals surface area (Å²) in [5.74, 6) is 0. The SMILES string of the molecule is CC(=N)c1cc(Br)ccc1Cl. The fraction of sp³-hybridized carbons (Fsp3) is 0.125. The molecule has 0 aliphatic carbocycles. The summed E-state index contributed by atoms with van der Waals surface area (Å²) < 4.78 is 0.948. The maximum absolute atomic E-state index is 7.37. The molecular formula is C8H7BrClN. The van der Waals surface area contributed by atoms with Gasteiger partial charge in [0.05, 0.1) is 0 Å². The van der Waals surface area contributed by atoms with Gasteiger partial charge in [0.2, 0.25) is 0 Å². The first kappa shape index (κ1) is 8.75. The first-order chi connectivity index (χ1) is 5.11. The number of hydrogen-bond acceptors (Lipinski definition) is 1. The highest BCUT2D eigenvalue weighted by atomic mass is 79.9. The Kier molecular flexibility index (Phi) is 2.68. The summed E-state index contributed by atoms with van der Waals surface area (Å²) in [7, 11) is 0. The monoisotopic (exact) mass is 231 g/mol. The fourth-order valence-corrected chi connectivity index (χ4v) is 1.41. The molecule has 58 valence electrons. The van der Waals surface area contributed by atoms with Crippen molar-refractivity contribution in [2.45, 2.75) is 6.92 Å². The van der Waals surface area contributed by atoms with Crippen LogP contribution in [-0.2, 0) is 0 Å². The average molecular weight is 233 g/mol. The van der Waals surface area contributed by atoms with Gasteiger partial charge >= 0.3 is 0 Å². The summed E-state index contributed by atoms with van der Waals surface area (Å²) in [6.07, 6.45) is 0. The van der Waals surface area contributed by atoms with Crippen molar-refractivity contribution in [3.63, 3.8) is 0 Å². The number of rotatable bonds is 1. The van der Waals surface area contributed by atoms with E-state index in [2.05, 4.69) is 15.9 Å². The lowest BCUT2D eigenvalue weighted by Gasteiger charge is -2.01. The van der Waals surface area contributed by atoms with E-state index in [1.807, 2.05) is 12.1 Å². The van der Waals surface area contributed by atoms with Crippen LogP contribution in [0.4, 0.5) is 0 Å². The van der Waals surface area contributed by atoms with E-state index in [0.717, 1.165) is 10.0 Å². The molecule has 1 aromatic carbocycles. The second kappa shape index (κ2) is 3.37. The maximum Gasteiger partial charge on any atom is 0.0497 e. The molecule has 0 heterocycles. The highest BCUT2D eigenvalue weighted by Crippen LogP contribution is 2.20. The summed E-state index contributed by atoms with van der Waals surface area (Å²) in [5, 5.41) is 7.99. The average Bonchev–Trinajstić information content (AvgIpc) is 1.94. The molecule has 0 amide bonds. The van der Waals surface area contributed by atoms with Gasteiger partial charge in [-0.25, -0.2) is 0 Å². The Morgan fingerprint density at radius 1 is 1.55 bits per heavy atom. The van der Waals surface area contributed by atoms with Crippen LogP contribution in [0.25, 0.3) is 0 Å². The predicted octanol–water partition coefficient (Wildman–Crippen LogP) is 3.49. The van der Waals surface area contributed by atoms with E-state index in [4.69, 9.17) is 17.0 Å². The Morgan fingerprint density at radius 3 is 2.64 bits per heavy atom. The fourth-order valence-electron chi connectivity index (χ4n) is 0.785. The molecule has 0 aliphatic heterocycles. The third-order valence-electron chi connectivity index (χ3n) is 1.33. The van der Waals surface area contributed by atoms with E-state index in [-0.39, 0.29) is 0 Å². The molecule has 0 aliphatic rings. The van der Waals surface area contributed by atoms with Crippen molar-refractivity contribution in [3.8, 4) is 0 Å². The molecule has 0 fully saturated rings. The third kappa shape index (κ3) is 2.04. The molecule has 0 saturated carbocycles. The minimum Gasteiger partial charge on any atom is -0.305 e. The second-order valence-electron chi connectivity index (χ2n) is 2.25. The Bertz CT molecular complexity index is 296. The highest BCUT2D eigenvalue weighted by molar-refractivity contribution is 9.10. The van der Waals surface area contributed by atoms with E-state index in [0.29, 0.717) is 10.7 Å². The summed E-state index contributed by atoms with van der Waals surface area (Å²) >= 11 is 9.14. The summed E-state index contributed by atoms with van der Waals surface area (Å²) in [4.78, 5) is 0. The van der Waals surface area contributed by atoms with Crippen LogP contribution < -0.4 is 0 Å². The lowest BCUT2D eigenvalue weighted by molar-refractivity contribution is 1.45. The van der Waals surface area contributed by atoms with E-state index in [1.165, 1.54) is 0 Å². The summed E-state index contributed by atoms with van der Waals surface area (Å²) in [6.45, 7) is 1.72. The molecular weight excluding hydrogens is 225 g/mol. The standard InChI is InChI=1S/C8H7BrClN/c1-5(11)7-4-6(9)2-3-8(7)10/h2-4,11H,1H3.